The van der Waals surface area contributed by atoms with Gasteiger partial charge in [-0.1, -0.05) is 27.5 Å². The van der Waals surface area contributed by atoms with Gasteiger partial charge in [0, 0.05) is 14.0 Å². The van der Waals surface area contributed by atoms with E-state index in [4.69, 9.17) is 22.1 Å². The normalized spacial score (nSPS) is 10.3. The number of rotatable bonds is 3. The van der Waals surface area contributed by atoms with Crippen molar-refractivity contribution in [3.8, 4) is 5.75 Å². The molecule has 3 N–H and O–H groups in total. The number of amides is 1. The summed E-state index contributed by atoms with van der Waals surface area (Å²) in [5.41, 5.74) is 7.18. The van der Waals surface area contributed by atoms with Crippen molar-refractivity contribution < 1.29 is 9.53 Å². The van der Waals surface area contributed by atoms with E-state index in [0.29, 0.717) is 32.2 Å². The highest BCUT2D eigenvalue weighted by molar-refractivity contribution is 9.11. The first-order chi connectivity index (χ1) is 9.92. The summed E-state index contributed by atoms with van der Waals surface area (Å²) in [6, 6.07) is 8.33. The Bertz CT molecular complexity index is 684. The number of nitrogens with two attached hydrogens (primary N) is 1. The molecule has 0 bridgehead atoms. The van der Waals surface area contributed by atoms with Crippen LogP contribution >= 0.6 is 43.5 Å². The van der Waals surface area contributed by atoms with Crippen molar-refractivity contribution in [2.75, 3.05) is 18.2 Å². The zero-order valence-corrected chi connectivity index (χ0v) is 14.8. The molecule has 0 spiro atoms. The number of hydrogen-bond acceptors (Lipinski definition) is 3. The molecule has 110 valence electrons. The van der Waals surface area contributed by atoms with Crippen molar-refractivity contribution in [1.29, 1.82) is 0 Å². The molecule has 2 aromatic carbocycles. The van der Waals surface area contributed by atoms with Gasteiger partial charge < -0.3 is 15.8 Å². The monoisotopic (exact) mass is 432 g/mol. The van der Waals surface area contributed by atoms with Crippen LogP contribution in [0, 0.1) is 0 Å². The number of ether oxygens (including phenoxy) is 1. The Morgan fingerprint density at radius 2 is 2.00 bits per heavy atom. The fourth-order valence-corrected chi connectivity index (χ4v) is 3.29. The molecule has 2 aromatic rings. The Hall–Kier alpha value is -1.24. The Labute approximate surface area is 143 Å². The van der Waals surface area contributed by atoms with Crippen LogP contribution in [0.4, 0.5) is 11.4 Å². The largest absolute Gasteiger partial charge is 0.496 e. The third-order valence-electron chi connectivity index (χ3n) is 2.73. The molecule has 0 aliphatic carbocycles. The molecule has 0 aromatic heterocycles. The lowest BCUT2D eigenvalue weighted by molar-refractivity contribution is 0.102. The van der Waals surface area contributed by atoms with Gasteiger partial charge in [0.15, 0.2) is 0 Å². The number of carbonyl (C=O) groups excluding carboxylic acids is 1. The number of nitrogen functional groups attached to an aromatic ring is 1. The summed E-state index contributed by atoms with van der Waals surface area (Å²) in [6.07, 6.45) is 0. The van der Waals surface area contributed by atoms with Crippen LogP contribution in [0.5, 0.6) is 5.75 Å². The first-order valence-corrected chi connectivity index (χ1v) is 7.78. The molecule has 21 heavy (non-hydrogen) atoms. The molecule has 0 heterocycles. The molecule has 0 aliphatic rings. The molecule has 0 aliphatic heterocycles. The Balaban J connectivity index is 2.37. The maximum Gasteiger partial charge on any atom is 0.259 e. The minimum Gasteiger partial charge on any atom is -0.496 e. The number of carbonyl (C=O) groups is 1. The summed E-state index contributed by atoms with van der Waals surface area (Å²) in [6.45, 7) is 0. The summed E-state index contributed by atoms with van der Waals surface area (Å²) in [5.74, 6) is 0.0766. The van der Waals surface area contributed by atoms with Gasteiger partial charge >= 0.3 is 0 Å². The van der Waals surface area contributed by atoms with Crippen molar-refractivity contribution in [2.24, 2.45) is 0 Å². The van der Waals surface area contributed by atoms with Crippen LogP contribution in [0.15, 0.2) is 39.3 Å². The van der Waals surface area contributed by atoms with Crippen molar-refractivity contribution in [3.05, 3.63) is 49.9 Å². The van der Waals surface area contributed by atoms with Gasteiger partial charge in [-0.05, 0) is 46.3 Å². The van der Waals surface area contributed by atoms with Crippen molar-refractivity contribution in [3.63, 3.8) is 0 Å². The van der Waals surface area contributed by atoms with Gasteiger partial charge in [-0.3, -0.25) is 4.79 Å². The maximum absolute atomic E-state index is 12.4. The molecule has 0 saturated heterocycles. The number of methoxy groups -OCH3 is 1. The van der Waals surface area contributed by atoms with Gasteiger partial charge in [0.05, 0.1) is 24.0 Å². The highest BCUT2D eigenvalue weighted by atomic mass is 79.9. The first-order valence-electron chi connectivity index (χ1n) is 5.81. The summed E-state index contributed by atoms with van der Waals surface area (Å²) in [5, 5.41) is 3.20. The number of halogens is 3. The van der Waals surface area contributed by atoms with Gasteiger partial charge in [0.2, 0.25) is 0 Å². The Kier molecular flexibility index (Phi) is 5.13. The van der Waals surface area contributed by atoms with E-state index in [0.717, 1.165) is 4.47 Å². The molecular weight excluding hydrogens is 423 g/mol. The van der Waals surface area contributed by atoms with E-state index in [1.54, 1.807) is 30.3 Å². The van der Waals surface area contributed by atoms with E-state index < -0.39 is 0 Å². The lowest BCUT2D eigenvalue weighted by atomic mass is 10.1. The third kappa shape index (κ3) is 3.70. The van der Waals surface area contributed by atoms with Gasteiger partial charge in [-0.25, -0.2) is 0 Å². The molecular formula is C14H11Br2ClN2O2. The molecule has 7 heteroatoms. The van der Waals surface area contributed by atoms with E-state index in [1.165, 1.54) is 7.11 Å². The van der Waals surface area contributed by atoms with Crippen LogP contribution in [-0.2, 0) is 0 Å². The number of hydrogen-bond donors (Lipinski definition) is 2. The lowest BCUT2D eigenvalue weighted by Gasteiger charge is -2.13. The second-order valence-corrected chi connectivity index (χ2v) is 6.36. The minimum absolute atomic E-state index is 0.333. The van der Waals surface area contributed by atoms with E-state index in [-0.39, 0.29) is 5.91 Å². The Morgan fingerprint density at radius 1 is 1.29 bits per heavy atom. The fourth-order valence-electron chi connectivity index (χ4n) is 1.76. The summed E-state index contributed by atoms with van der Waals surface area (Å²) in [4.78, 5) is 12.4. The summed E-state index contributed by atoms with van der Waals surface area (Å²) in [7, 11) is 1.49. The van der Waals surface area contributed by atoms with Crippen LogP contribution in [0.1, 0.15) is 10.4 Å². The zero-order valence-electron chi connectivity index (χ0n) is 10.9. The van der Waals surface area contributed by atoms with Crippen LogP contribution in [-0.4, -0.2) is 13.0 Å². The SMILES string of the molecule is COc1ccc(Cl)cc1C(=O)Nc1c(N)cc(Br)cc1Br. The van der Waals surface area contributed by atoms with E-state index in [2.05, 4.69) is 37.2 Å². The molecule has 1 amide bonds. The Morgan fingerprint density at radius 3 is 2.62 bits per heavy atom. The van der Waals surface area contributed by atoms with E-state index in [9.17, 15) is 4.79 Å². The van der Waals surface area contributed by atoms with Crippen molar-refractivity contribution >= 4 is 60.7 Å². The topological polar surface area (TPSA) is 64.3 Å². The van der Waals surface area contributed by atoms with E-state index >= 15 is 0 Å². The predicted molar refractivity (Wildman–Crippen MR) is 92.2 cm³/mol. The number of benzene rings is 2. The average molecular weight is 435 g/mol. The zero-order chi connectivity index (χ0) is 15.6. The van der Waals surface area contributed by atoms with E-state index in [1.807, 2.05) is 0 Å². The van der Waals surface area contributed by atoms with Gasteiger partial charge in [0.1, 0.15) is 5.75 Å². The summed E-state index contributed by atoms with van der Waals surface area (Å²) < 4.78 is 6.65. The number of nitrogens with one attached hydrogen (secondary N) is 1. The van der Waals surface area contributed by atoms with Crippen LogP contribution in [0.3, 0.4) is 0 Å². The van der Waals surface area contributed by atoms with Gasteiger partial charge in [-0.2, -0.15) is 0 Å². The molecule has 2 rings (SSSR count). The number of anilines is 2. The molecule has 0 radical (unpaired) electrons. The fraction of sp³-hybridized carbons (Fsp3) is 0.0714. The standard InChI is InChI=1S/C14H11Br2ClN2O2/c1-21-12-3-2-8(17)6-9(12)14(20)19-13-10(16)4-7(15)5-11(13)18/h2-6H,18H2,1H3,(H,19,20). The quantitative estimate of drug-likeness (QED) is 0.688. The average Bonchev–Trinajstić information content (AvgIpc) is 2.42. The molecule has 0 unspecified atom stereocenters. The first kappa shape index (κ1) is 16.1. The summed E-state index contributed by atoms with van der Waals surface area (Å²) >= 11 is 12.6. The minimum atomic E-state index is -0.357. The molecule has 0 saturated carbocycles. The van der Waals surface area contributed by atoms with Crippen molar-refractivity contribution in [2.45, 2.75) is 0 Å². The van der Waals surface area contributed by atoms with Crippen molar-refractivity contribution in [1.82, 2.24) is 0 Å². The van der Waals surface area contributed by atoms with Crippen LogP contribution < -0.4 is 15.8 Å². The molecule has 0 atom stereocenters. The lowest BCUT2D eigenvalue weighted by Crippen LogP contribution is -2.15. The van der Waals surface area contributed by atoms with Crippen LogP contribution in [0.25, 0.3) is 0 Å². The molecule has 0 fully saturated rings. The highest BCUT2D eigenvalue weighted by Crippen LogP contribution is 2.33. The third-order valence-corrected chi connectivity index (χ3v) is 4.05. The maximum atomic E-state index is 12.4. The predicted octanol–water partition coefficient (Wildman–Crippen LogP) is 4.71. The molecule has 4 nitrogen and oxygen atoms in total. The van der Waals surface area contributed by atoms with Crippen LogP contribution in [0.2, 0.25) is 5.02 Å². The smallest absolute Gasteiger partial charge is 0.259 e. The second-order valence-electron chi connectivity index (χ2n) is 4.15. The van der Waals surface area contributed by atoms with Gasteiger partial charge in [-0.15, -0.1) is 0 Å². The second kappa shape index (κ2) is 6.68. The van der Waals surface area contributed by atoms with Gasteiger partial charge in [0.25, 0.3) is 5.91 Å². The highest BCUT2D eigenvalue weighted by Gasteiger charge is 2.16.